The van der Waals surface area contributed by atoms with E-state index in [0.29, 0.717) is 42.2 Å². The van der Waals surface area contributed by atoms with Crippen LogP contribution < -0.4 is 10.2 Å². The molecular weight excluding hydrogens is 589 g/mol. The third kappa shape index (κ3) is 6.41. The van der Waals surface area contributed by atoms with Crippen molar-refractivity contribution in [2.45, 2.75) is 82.7 Å². The number of nitrogens with one attached hydrogen (secondary N) is 1. The van der Waals surface area contributed by atoms with E-state index in [4.69, 9.17) is 0 Å². The Morgan fingerprint density at radius 3 is 2.63 bits per heavy atom. The highest BCUT2D eigenvalue weighted by Crippen LogP contribution is 2.49. The minimum Gasteiger partial charge on any atom is -0.335 e. The summed E-state index contributed by atoms with van der Waals surface area (Å²) >= 11 is 0. The largest absolute Gasteiger partial charge is 0.416 e. The van der Waals surface area contributed by atoms with Crippen LogP contribution in [0.25, 0.3) is 0 Å². The molecule has 1 saturated heterocycles. The fourth-order valence-corrected chi connectivity index (χ4v) is 7.91. The van der Waals surface area contributed by atoms with Crippen LogP contribution in [0, 0.1) is 11.8 Å². The lowest BCUT2D eigenvalue weighted by molar-refractivity contribution is -0.138. The van der Waals surface area contributed by atoms with Gasteiger partial charge in [-0.05, 0) is 91.9 Å². The average molecular weight is 635 g/mol. The molecule has 246 valence electrons. The molecule has 6 nitrogen and oxygen atoms in total. The van der Waals surface area contributed by atoms with Crippen molar-refractivity contribution in [1.29, 1.82) is 0 Å². The van der Waals surface area contributed by atoms with E-state index in [9.17, 15) is 22.8 Å². The van der Waals surface area contributed by atoms with Gasteiger partial charge in [0.1, 0.15) is 0 Å². The topological polar surface area (TPSA) is 55.9 Å². The zero-order valence-corrected chi connectivity index (χ0v) is 27.1. The highest BCUT2D eigenvalue weighted by atomic mass is 19.4. The molecule has 9 heteroatoms. The first-order chi connectivity index (χ1) is 21.9. The summed E-state index contributed by atoms with van der Waals surface area (Å²) in [6, 6.07) is 10.9. The van der Waals surface area contributed by atoms with Gasteiger partial charge < -0.3 is 15.1 Å². The number of anilines is 1. The van der Waals surface area contributed by atoms with Gasteiger partial charge in [0.15, 0.2) is 0 Å². The van der Waals surface area contributed by atoms with Gasteiger partial charge in [-0.2, -0.15) is 13.2 Å². The van der Waals surface area contributed by atoms with E-state index in [2.05, 4.69) is 37.7 Å². The summed E-state index contributed by atoms with van der Waals surface area (Å²) in [7, 11) is 2.08. The second-order valence-electron chi connectivity index (χ2n) is 14.1. The van der Waals surface area contributed by atoms with Gasteiger partial charge in [0.25, 0.3) is 5.91 Å². The average Bonchev–Trinajstić information content (AvgIpc) is 3.40. The number of hydrogen-bond donors (Lipinski definition) is 1. The number of amides is 2. The van der Waals surface area contributed by atoms with Crippen molar-refractivity contribution in [3.63, 3.8) is 0 Å². The minimum absolute atomic E-state index is 0.0171. The lowest BCUT2D eigenvalue weighted by Crippen LogP contribution is -2.40. The van der Waals surface area contributed by atoms with E-state index in [1.165, 1.54) is 17.4 Å². The molecule has 0 bridgehead atoms. The predicted octanol–water partition coefficient (Wildman–Crippen LogP) is 6.70. The Balaban J connectivity index is 1.12. The zero-order chi connectivity index (χ0) is 32.8. The number of likely N-dealkylation sites (tertiary alicyclic amines) is 1. The summed E-state index contributed by atoms with van der Waals surface area (Å²) < 4.78 is 43.0. The molecule has 4 aliphatic rings. The monoisotopic (exact) mass is 634 g/mol. The fourth-order valence-electron chi connectivity index (χ4n) is 7.91. The molecule has 2 aromatic carbocycles. The van der Waals surface area contributed by atoms with Crippen molar-refractivity contribution < 1.29 is 22.8 Å². The SMILES string of the molecule is C=CC1(c2cccc(N3Cc4c(cc(CNC[C@H]5CCCN5C(=O)/C=C/CN(C)[C@H]5CC5C)cc4C(F)(F)F)C3=O)c2)CC(C)C1. The van der Waals surface area contributed by atoms with Crippen LogP contribution in [0.1, 0.15) is 78.6 Å². The van der Waals surface area contributed by atoms with E-state index in [0.717, 1.165) is 37.8 Å². The van der Waals surface area contributed by atoms with Crippen molar-refractivity contribution in [2.24, 2.45) is 11.8 Å². The number of carbonyl (C=O) groups is 2. The van der Waals surface area contributed by atoms with E-state index in [1.54, 1.807) is 18.2 Å². The molecule has 6 rings (SSSR count). The molecule has 2 aromatic rings. The molecule has 2 heterocycles. The highest BCUT2D eigenvalue weighted by molar-refractivity contribution is 6.10. The predicted molar refractivity (Wildman–Crippen MR) is 174 cm³/mol. The number of allylic oxidation sites excluding steroid dienone is 1. The summed E-state index contributed by atoms with van der Waals surface area (Å²) in [5.41, 5.74) is 1.22. The second-order valence-corrected chi connectivity index (χ2v) is 14.1. The molecular formula is C37H45F3N4O2. The van der Waals surface area contributed by atoms with Gasteiger partial charge in [-0.1, -0.05) is 38.1 Å². The number of hydrogen-bond acceptors (Lipinski definition) is 4. The van der Waals surface area contributed by atoms with Gasteiger partial charge in [0.2, 0.25) is 5.91 Å². The van der Waals surface area contributed by atoms with Gasteiger partial charge in [-0.3, -0.25) is 14.5 Å². The van der Waals surface area contributed by atoms with E-state index < -0.39 is 17.6 Å². The van der Waals surface area contributed by atoms with Crippen molar-refractivity contribution in [1.82, 2.24) is 15.1 Å². The zero-order valence-electron chi connectivity index (χ0n) is 27.1. The molecule has 1 unspecified atom stereocenters. The number of alkyl halides is 3. The number of benzene rings is 2. The fraction of sp³-hybridized carbons (Fsp3) is 0.514. The molecule has 46 heavy (non-hydrogen) atoms. The summed E-state index contributed by atoms with van der Waals surface area (Å²) in [6.45, 7) is 10.4. The van der Waals surface area contributed by atoms with Gasteiger partial charge in [-0.15, -0.1) is 6.58 Å². The Morgan fingerprint density at radius 2 is 1.96 bits per heavy atom. The molecule has 2 aliphatic heterocycles. The Bertz CT molecular complexity index is 1530. The Morgan fingerprint density at radius 1 is 1.20 bits per heavy atom. The third-order valence-electron chi connectivity index (χ3n) is 10.6. The number of likely N-dealkylation sites (N-methyl/N-ethyl adjacent to an activating group) is 1. The smallest absolute Gasteiger partial charge is 0.335 e. The Hall–Kier alpha value is -3.43. The van der Waals surface area contributed by atoms with Crippen molar-refractivity contribution in [3.05, 3.63) is 89.0 Å². The van der Waals surface area contributed by atoms with Crippen LogP contribution in [0.4, 0.5) is 18.9 Å². The van der Waals surface area contributed by atoms with Gasteiger partial charge in [0, 0.05) is 61.0 Å². The van der Waals surface area contributed by atoms with Crippen LogP contribution in [0.2, 0.25) is 0 Å². The standard InChI is InChI=1S/C37H45F3N4O2/c1-5-36(19-24(2)20-36)27-9-6-10-28(18-27)44-23-31-30(35(44)46)16-26(17-32(31)37(38,39)40)21-41-22-29-11-7-14-43(29)34(45)12-8-13-42(4)33-15-25(33)3/h5-6,8-10,12,16-18,24-25,29,33,41H,1,7,11,13-15,19-23H2,2-4H3/b12-8+/t24?,25?,29-,33+,36?/m1/s1. The molecule has 3 atom stereocenters. The first-order valence-corrected chi connectivity index (χ1v) is 16.6. The van der Waals surface area contributed by atoms with E-state index in [-0.39, 0.29) is 41.6 Å². The second kappa shape index (κ2) is 12.6. The maximum Gasteiger partial charge on any atom is 0.416 e. The summed E-state index contributed by atoms with van der Waals surface area (Å²) in [5.74, 6) is 0.832. The van der Waals surface area contributed by atoms with Crippen molar-refractivity contribution in [3.8, 4) is 0 Å². The van der Waals surface area contributed by atoms with Crippen LogP contribution in [0.3, 0.4) is 0 Å². The maximum atomic E-state index is 14.3. The number of nitrogens with zero attached hydrogens (tertiary/aromatic N) is 3. The molecule has 1 N–H and O–H groups in total. The van der Waals surface area contributed by atoms with Gasteiger partial charge in [-0.25, -0.2) is 0 Å². The maximum absolute atomic E-state index is 14.3. The summed E-state index contributed by atoms with van der Waals surface area (Å²) in [6.07, 6.45) is 5.77. The lowest BCUT2D eigenvalue weighted by Gasteiger charge is -2.45. The highest BCUT2D eigenvalue weighted by Gasteiger charge is 2.43. The lowest BCUT2D eigenvalue weighted by atomic mass is 9.59. The number of carbonyl (C=O) groups excluding carboxylic acids is 2. The van der Waals surface area contributed by atoms with E-state index in [1.807, 2.05) is 35.3 Å². The molecule has 3 fully saturated rings. The molecule has 0 aromatic heterocycles. The van der Waals surface area contributed by atoms with Crippen LogP contribution in [-0.4, -0.2) is 60.4 Å². The Kier molecular flexibility index (Phi) is 8.93. The quantitative estimate of drug-likeness (QED) is 0.221. The number of rotatable bonds is 11. The van der Waals surface area contributed by atoms with Crippen LogP contribution in [0.5, 0.6) is 0 Å². The first-order valence-electron chi connectivity index (χ1n) is 16.6. The third-order valence-corrected chi connectivity index (χ3v) is 10.6. The van der Waals surface area contributed by atoms with E-state index >= 15 is 0 Å². The Labute approximate surface area is 270 Å². The van der Waals surface area contributed by atoms with Crippen molar-refractivity contribution in [2.75, 3.05) is 31.6 Å². The minimum atomic E-state index is -4.60. The normalized spacial score (nSPS) is 27.4. The number of fused-ring (bicyclic) bond motifs is 1. The summed E-state index contributed by atoms with van der Waals surface area (Å²) in [5, 5.41) is 3.28. The van der Waals surface area contributed by atoms with Crippen LogP contribution in [-0.2, 0) is 29.5 Å². The first kappa shape index (κ1) is 32.5. The van der Waals surface area contributed by atoms with Crippen molar-refractivity contribution >= 4 is 17.5 Å². The molecule has 2 amide bonds. The summed E-state index contributed by atoms with van der Waals surface area (Å²) in [4.78, 5) is 32.1. The molecule has 0 radical (unpaired) electrons. The van der Waals surface area contributed by atoms with Crippen LogP contribution >= 0.6 is 0 Å². The number of halogens is 3. The molecule has 2 saturated carbocycles. The molecule has 0 spiro atoms. The van der Waals surface area contributed by atoms with Gasteiger partial charge >= 0.3 is 6.18 Å². The van der Waals surface area contributed by atoms with Gasteiger partial charge in [0.05, 0.1) is 12.1 Å². The molecule has 2 aliphatic carbocycles. The van der Waals surface area contributed by atoms with Crippen LogP contribution in [0.15, 0.2) is 61.2 Å².